The van der Waals surface area contributed by atoms with Crippen molar-refractivity contribution in [1.29, 1.82) is 0 Å². The fraction of sp³-hybridized carbons (Fsp3) is 0.944. The monoisotopic (exact) mass is 299 g/mol. The molecule has 1 unspecified atom stereocenters. The third kappa shape index (κ3) is 10.8. The van der Waals surface area contributed by atoms with Crippen molar-refractivity contribution in [2.75, 3.05) is 7.05 Å². The number of aliphatic carboxylic acids is 1. The number of rotatable bonds is 15. The molecule has 21 heavy (non-hydrogen) atoms. The average Bonchev–Trinajstić information content (AvgIpc) is 2.47. The van der Waals surface area contributed by atoms with Gasteiger partial charge in [-0.1, -0.05) is 84.0 Å². The number of carboxylic acids is 1. The summed E-state index contributed by atoms with van der Waals surface area (Å²) in [7, 11) is 1.73. The highest BCUT2D eigenvalue weighted by Crippen LogP contribution is 2.17. The molecule has 0 aliphatic rings. The summed E-state index contributed by atoms with van der Waals surface area (Å²) >= 11 is 0. The van der Waals surface area contributed by atoms with Gasteiger partial charge >= 0.3 is 5.97 Å². The van der Waals surface area contributed by atoms with E-state index >= 15 is 0 Å². The molecule has 0 bridgehead atoms. The highest BCUT2D eigenvalue weighted by Gasteiger charge is 2.29. The summed E-state index contributed by atoms with van der Waals surface area (Å²) in [5.41, 5.74) is -0.751. The van der Waals surface area contributed by atoms with Crippen LogP contribution < -0.4 is 5.32 Å². The summed E-state index contributed by atoms with van der Waals surface area (Å²) in [6.07, 6.45) is 16.5. The SMILES string of the molecule is CCCCCCCCCCCCCCC(C)(NC)C(=O)O. The molecule has 0 radical (unpaired) electrons. The van der Waals surface area contributed by atoms with Gasteiger partial charge in [-0.3, -0.25) is 4.79 Å². The van der Waals surface area contributed by atoms with E-state index in [1.165, 1.54) is 64.2 Å². The fourth-order valence-electron chi connectivity index (χ4n) is 2.66. The molecule has 0 aliphatic heterocycles. The molecule has 3 heteroatoms. The van der Waals surface area contributed by atoms with Crippen molar-refractivity contribution in [2.24, 2.45) is 0 Å². The van der Waals surface area contributed by atoms with Gasteiger partial charge in [0, 0.05) is 0 Å². The van der Waals surface area contributed by atoms with Crippen LogP contribution in [0.2, 0.25) is 0 Å². The van der Waals surface area contributed by atoms with E-state index in [2.05, 4.69) is 12.2 Å². The molecule has 0 aromatic rings. The molecule has 1 atom stereocenters. The summed E-state index contributed by atoms with van der Waals surface area (Å²) in [4.78, 5) is 11.1. The first-order valence-electron chi connectivity index (χ1n) is 8.99. The van der Waals surface area contributed by atoms with Crippen LogP contribution in [0.3, 0.4) is 0 Å². The molecule has 0 saturated carbocycles. The molecule has 0 heterocycles. The number of carboxylic acid groups (broad SMARTS) is 1. The first kappa shape index (κ1) is 20.4. The molecule has 0 saturated heterocycles. The summed E-state index contributed by atoms with van der Waals surface area (Å²) in [5.74, 6) is -0.743. The molecular weight excluding hydrogens is 262 g/mol. The first-order chi connectivity index (χ1) is 10.1. The Labute approximate surface area is 131 Å². The average molecular weight is 299 g/mol. The van der Waals surface area contributed by atoms with Crippen molar-refractivity contribution in [2.45, 2.75) is 103 Å². The van der Waals surface area contributed by atoms with E-state index in [1.54, 1.807) is 14.0 Å². The van der Waals surface area contributed by atoms with E-state index in [9.17, 15) is 4.79 Å². The van der Waals surface area contributed by atoms with Crippen LogP contribution >= 0.6 is 0 Å². The summed E-state index contributed by atoms with van der Waals surface area (Å²) < 4.78 is 0. The number of likely N-dealkylation sites (N-methyl/N-ethyl adjacent to an activating group) is 1. The van der Waals surface area contributed by atoms with Crippen LogP contribution in [0.4, 0.5) is 0 Å². The van der Waals surface area contributed by atoms with Gasteiger partial charge in [0.15, 0.2) is 0 Å². The minimum absolute atomic E-state index is 0.719. The maximum Gasteiger partial charge on any atom is 0.323 e. The zero-order valence-electron chi connectivity index (χ0n) is 14.5. The largest absolute Gasteiger partial charge is 0.480 e. The molecule has 0 spiro atoms. The molecule has 2 N–H and O–H groups in total. The van der Waals surface area contributed by atoms with Crippen LogP contribution in [-0.4, -0.2) is 23.7 Å². The Morgan fingerprint density at radius 3 is 1.57 bits per heavy atom. The standard InChI is InChI=1S/C18H37NO2/c1-4-5-6-7-8-9-10-11-12-13-14-15-16-18(2,19-3)17(20)21/h19H,4-16H2,1-3H3,(H,20,21). The predicted octanol–water partition coefficient (Wildman–Crippen LogP) is 5.14. The van der Waals surface area contributed by atoms with Crippen molar-refractivity contribution in [3.8, 4) is 0 Å². The summed E-state index contributed by atoms with van der Waals surface area (Å²) in [5, 5.41) is 12.1. The van der Waals surface area contributed by atoms with Crippen LogP contribution in [0.5, 0.6) is 0 Å². The summed E-state index contributed by atoms with van der Waals surface area (Å²) in [6, 6.07) is 0. The quantitative estimate of drug-likeness (QED) is 0.412. The third-order valence-electron chi connectivity index (χ3n) is 4.55. The molecule has 0 rings (SSSR count). The highest BCUT2D eigenvalue weighted by atomic mass is 16.4. The van der Waals surface area contributed by atoms with Crippen LogP contribution in [-0.2, 0) is 4.79 Å². The number of hydrogen-bond donors (Lipinski definition) is 2. The second-order valence-corrected chi connectivity index (χ2v) is 6.53. The smallest absolute Gasteiger partial charge is 0.323 e. The highest BCUT2D eigenvalue weighted by molar-refractivity contribution is 5.78. The first-order valence-corrected chi connectivity index (χ1v) is 8.99. The Bertz CT molecular complexity index is 256. The van der Waals surface area contributed by atoms with Gasteiger partial charge in [-0.2, -0.15) is 0 Å². The van der Waals surface area contributed by atoms with E-state index in [0.29, 0.717) is 0 Å². The Hall–Kier alpha value is -0.570. The number of unbranched alkanes of at least 4 members (excludes halogenated alkanes) is 11. The minimum Gasteiger partial charge on any atom is -0.480 e. The number of carbonyl (C=O) groups is 1. The zero-order chi connectivity index (χ0) is 16.0. The molecule has 0 fully saturated rings. The van der Waals surface area contributed by atoms with Gasteiger partial charge in [-0.25, -0.2) is 0 Å². The lowest BCUT2D eigenvalue weighted by Crippen LogP contribution is -2.47. The Kier molecular flexibility index (Phi) is 12.8. The van der Waals surface area contributed by atoms with Gasteiger partial charge in [-0.05, 0) is 20.4 Å². The van der Waals surface area contributed by atoms with Crippen LogP contribution in [0.15, 0.2) is 0 Å². The van der Waals surface area contributed by atoms with Crippen molar-refractivity contribution in [3.05, 3.63) is 0 Å². The maximum absolute atomic E-state index is 11.1. The number of hydrogen-bond acceptors (Lipinski definition) is 2. The Morgan fingerprint density at radius 2 is 1.24 bits per heavy atom. The minimum atomic E-state index is -0.751. The van der Waals surface area contributed by atoms with E-state index in [4.69, 9.17) is 5.11 Å². The molecule has 126 valence electrons. The summed E-state index contributed by atoms with van der Waals surface area (Å²) in [6.45, 7) is 4.03. The van der Waals surface area contributed by atoms with E-state index in [0.717, 1.165) is 19.3 Å². The van der Waals surface area contributed by atoms with Gasteiger partial charge in [0.1, 0.15) is 5.54 Å². The number of nitrogens with one attached hydrogen (secondary N) is 1. The molecule has 0 aromatic heterocycles. The Morgan fingerprint density at radius 1 is 0.857 bits per heavy atom. The van der Waals surface area contributed by atoms with Crippen molar-refractivity contribution < 1.29 is 9.90 Å². The molecule has 0 aliphatic carbocycles. The third-order valence-corrected chi connectivity index (χ3v) is 4.55. The fourth-order valence-corrected chi connectivity index (χ4v) is 2.66. The lowest BCUT2D eigenvalue weighted by Gasteiger charge is -2.23. The van der Waals surface area contributed by atoms with Gasteiger partial charge in [-0.15, -0.1) is 0 Å². The molecule has 0 amide bonds. The van der Waals surface area contributed by atoms with Crippen LogP contribution in [0.1, 0.15) is 97.3 Å². The maximum atomic E-state index is 11.1. The topological polar surface area (TPSA) is 49.3 Å². The van der Waals surface area contributed by atoms with Gasteiger partial charge in [0.2, 0.25) is 0 Å². The van der Waals surface area contributed by atoms with E-state index < -0.39 is 11.5 Å². The van der Waals surface area contributed by atoms with Crippen molar-refractivity contribution in [3.63, 3.8) is 0 Å². The Balaban J connectivity index is 3.31. The van der Waals surface area contributed by atoms with Crippen molar-refractivity contribution >= 4 is 5.97 Å². The van der Waals surface area contributed by atoms with Crippen LogP contribution in [0.25, 0.3) is 0 Å². The van der Waals surface area contributed by atoms with Gasteiger partial charge < -0.3 is 10.4 Å². The van der Waals surface area contributed by atoms with E-state index in [1.807, 2.05) is 0 Å². The lowest BCUT2D eigenvalue weighted by molar-refractivity contribution is -0.144. The zero-order valence-corrected chi connectivity index (χ0v) is 14.5. The van der Waals surface area contributed by atoms with Crippen molar-refractivity contribution in [1.82, 2.24) is 5.32 Å². The van der Waals surface area contributed by atoms with E-state index in [-0.39, 0.29) is 0 Å². The molecular formula is C18H37NO2. The van der Waals surface area contributed by atoms with Crippen LogP contribution in [0, 0.1) is 0 Å². The lowest BCUT2D eigenvalue weighted by atomic mass is 9.94. The second kappa shape index (κ2) is 13.1. The van der Waals surface area contributed by atoms with Gasteiger partial charge in [0.05, 0.1) is 0 Å². The predicted molar refractivity (Wildman–Crippen MR) is 90.8 cm³/mol. The van der Waals surface area contributed by atoms with Gasteiger partial charge in [0.25, 0.3) is 0 Å². The molecule has 0 aromatic carbocycles. The normalized spacial score (nSPS) is 14.0. The second-order valence-electron chi connectivity index (χ2n) is 6.53. The molecule has 3 nitrogen and oxygen atoms in total.